The van der Waals surface area contributed by atoms with E-state index in [9.17, 15) is 10.1 Å². The van der Waals surface area contributed by atoms with Crippen LogP contribution in [0.3, 0.4) is 0 Å². The summed E-state index contributed by atoms with van der Waals surface area (Å²) in [6.07, 6.45) is 2.13. The van der Waals surface area contributed by atoms with Crippen molar-refractivity contribution in [3.05, 3.63) is 33.9 Å². The predicted molar refractivity (Wildman–Crippen MR) is 76.6 cm³/mol. The normalized spacial score (nSPS) is 10.7. The third-order valence-corrected chi connectivity index (χ3v) is 2.69. The Morgan fingerprint density at radius 3 is 2.74 bits per heavy atom. The molecule has 0 atom stereocenters. The number of hydrogen-bond acceptors (Lipinski definition) is 4. The zero-order valence-corrected chi connectivity index (χ0v) is 11.8. The Bertz CT molecular complexity index is 419. The van der Waals surface area contributed by atoms with Gasteiger partial charge in [-0.1, -0.05) is 6.07 Å². The molecule has 106 valence electrons. The first kappa shape index (κ1) is 15.4. The Morgan fingerprint density at radius 2 is 2.11 bits per heavy atom. The van der Waals surface area contributed by atoms with E-state index in [0.29, 0.717) is 12.2 Å². The molecule has 0 spiro atoms. The number of ether oxygens (including phenoxy) is 1. The van der Waals surface area contributed by atoms with Gasteiger partial charge >= 0.3 is 0 Å². The van der Waals surface area contributed by atoms with Crippen LogP contribution in [-0.4, -0.2) is 24.2 Å². The van der Waals surface area contributed by atoms with Crippen molar-refractivity contribution >= 4 is 11.4 Å². The Labute approximate surface area is 114 Å². The number of nitrogens with one attached hydrogen (secondary N) is 1. The van der Waals surface area contributed by atoms with Crippen LogP contribution in [0, 0.1) is 17.0 Å². The summed E-state index contributed by atoms with van der Waals surface area (Å²) in [5.41, 5.74) is 1.73. The van der Waals surface area contributed by atoms with Gasteiger partial charge in [0.15, 0.2) is 0 Å². The van der Waals surface area contributed by atoms with Gasteiger partial charge in [-0.2, -0.15) is 0 Å². The molecule has 0 saturated heterocycles. The summed E-state index contributed by atoms with van der Waals surface area (Å²) in [6, 6.07) is 5.10. The maximum absolute atomic E-state index is 10.9. The lowest BCUT2D eigenvalue weighted by Gasteiger charge is -2.09. The number of aryl methyl sites for hydroxylation is 1. The molecule has 5 nitrogen and oxygen atoms in total. The van der Waals surface area contributed by atoms with Crippen molar-refractivity contribution in [2.45, 2.75) is 39.7 Å². The molecule has 0 fully saturated rings. The Kier molecular flexibility index (Phi) is 6.29. The average Bonchev–Trinajstić information content (AvgIpc) is 2.33. The van der Waals surface area contributed by atoms with Crippen molar-refractivity contribution in [1.82, 2.24) is 0 Å². The van der Waals surface area contributed by atoms with Gasteiger partial charge in [-0.25, -0.2) is 0 Å². The second-order valence-corrected chi connectivity index (χ2v) is 4.83. The minimum absolute atomic E-state index is 0.129. The molecule has 0 aliphatic heterocycles. The fraction of sp³-hybridized carbons (Fsp3) is 0.571. The molecule has 19 heavy (non-hydrogen) atoms. The molecular formula is C14H22N2O3. The maximum atomic E-state index is 10.9. The van der Waals surface area contributed by atoms with Crippen molar-refractivity contribution in [3.8, 4) is 0 Å². The molecule has 0 aromatic heterocycles. The van der Waals surface area contributed by atoms with Gasteiger partial charge in [-0.3, -0.25) is 10.1 Å². The van der Waals surface area contributed by atoms with Crippen LogP contribution in [0.4, 0.5) is 11.4 Å². The van der Waals surface area contributed by atoms with Gasteiger partial charge in [0.05, 0.1) is 11.0 Å². The molecule has 0 amide bonds. The van der Waals surface area contributed by atoms with Crippen molar-refractivity contribution in [1.29, 1.82) is 0 Å². The molecule has 0 aliphatic rings. The third-order valence-electron chi connectivity index (χ3n) is 2.69. The SMILES string of the molecule is Cc1ccc([N+](=O)[O-])c(NCCCCOC(C)C)c1. The molecule has 0 saturated carbocycles. The Hall–Kier alpha value is -1.62. The molecule has 1 N–H and O–H groups in total. The van der Waals surface area contributed by atoms with Crippen molar-refractivity contribution < 1.29 is 9.66 Å². The van der Waals surface area contributed by atoms with Gasteiger partial charge in [0.2, 0.25) is 0 Å². The van der Waals surface area contributed by atoms with Crippen LogP contribution in [0.5, 0.6) is 0 Å². The van der Waals surface area contributed by atoms with E-state index in [1.165, 1.54) is 0 Å². The highest BCUT2D eigenvalue weighted by Gasteiger charge is 2.12. The van der Waals surface area contributed by atoms with Crippen LogP contribution in [0.1, 0.15) is 32.3 Å². The summed E-state index contributed by atoms with van der Waals surface area (Å²) < 4.78 is 5.44. The molecule has 1 aromatic carbocycles. The largest absolute Gasteiger partial charge is 0.379 e. The van der Waals surface area contributed by atoms with Crippen LogP contribution in [0.15, 0.2) is 18.2 Å². The van der Waals surface area contributed by atoms with Gasteiger partial charge in [0.1, 0.15) is 5.69 Å². The molecular weight excluding hydrogens is 244 g/mol. The fourth-order valence-corrected chi connectivity index (χ4v) is 1.72. The zero-order valence-electron chi connectivity index (χ0n) is 11.8. The van der Waals surface area contributed by atoms with Crippen LogP contribution < -0.4 is 5.32 Å². The number of hydrogen-bond donors (Lipinski definition) is 1. The molecule has 0 radical (unpaired) electrons. The first-order chi connectivity index (χ1) is 9.00. The van der Waals surface area contributed by atoms with Crippen LogP contribution >= 0.6 is 0 Å². The van der Waals surface area contributed by atoms with E-state index in [-0.39, 0.29) is 16.7 Å². The highest BCUT2D eigenvalue weighted by atomic mass is 16.6. The second kappa shape index (κ2) is 7.74. The summed E-state index contributed by atoms with van der Waals surface area (Å²) in [5, 5.41) is 14.0. The molecule has 0 aliphatic carbocycles. The van der Waals surface area contributed by atoms with Crippen molar-refractivity contribution in [2.75, 3.05) is 18.5 Å². The summed E-state index contributed by atoms with van der Waals surface area (Å²) >= 11 is 0. The molecule has 0 bridgehead atoms. The molecule has 0 unspecified atom stereocenters. The number of unbranched alkanes of at least 4 members (excludes halogenated alkanes) is 1. The summed E-state index contributed by atoms with van der Waals surface area (Å²) in [5.74, 6) is 0. The Balaban J connectivity index is 2.40. The Morgan fingerprint density at radius 1 is 1.37 bits per heavy atom. The van der Waals surface area contributed by atoms with Crippen LogP contribution in [0.25, 0.3) is 0 Å². The van der Waals surface area contributed by atoms with Gasteiger partial charge < -0.3 is 10.1 Å². The first-order valence-corrected chi connectivity index (χ1v) is 6.61. The lowest BCUT2D eigenvalue weighted by atomic mass is 10.2. The van der Waals surface area contributed by atoms with Crippen molar-refractivity contribution in [2.24, 2.45) is 0 Å². The van der Waals surface area contributed by atoms with Crippen LogP contribution in [-0.2, 0) is 4.74 Å². The highest BCUT2D eigenvalue weighted by molar-refractivity contribution is 5.62. The van der Waals surface area contributed by atoms with E-state index in [1.54, 1.807) is 12.1 Å². The first-order valence-electron chi connectivity index (χ1n) is 6.61. The molecule has 1 aromatic rings. The lowest BCUT2D eigenvalue weighted by molar-refractivity contribution is -0.384. The number of benzene rings is 1. The van der Waals surface area contributed by atoms with Gasteiger partial charge in [-0.15, -0.1) is 0 Å². The van der Waals surface area contributed by atoms with Gasteiger partial charge in [0, 0.05) is 19.2 Å². The summed E-state index contributed by atoms with van der Waals surface area (Å²) in [7, 11) is 0. The van der Waals surface area contributed by atoms with Crippen molar-refractivity contribution in [3.63, 3.8) is 0 Å². The minimum Gasteiger partial charge on any atom is -0.379 e. The third kappa shape index (κ3) is 5.70. The number of nitro groups is 1. The quantitative estimate of drug-likeness (QED) is 0.444. The van der Waals surface area contributed by atoms with E-state index in [4.69, 9.17) is 4.74 Å². The number of rotatable bonds is 8. The average molecular weight is 266 g/mol. The van der Waals surface area contributed by atoms with E-state index in [1.807, 2.05) is 26.8 Å². The van der Waals surface area contributed by atoms with Gasteiger partial charge in [-0.05, 0) is 45.2 Å². The van der Waals surface area contributed by atoms with E-state index >= 15 is 0 Å². The highest BCUT2D eigenvalue weighted by Crippen LogP contribution is 2.25. The fourth-order valence-electron chi connectivity index (χ4n) is 1.72. The summed E-state index contributed by atoms with van der Waals surface area (Å²) in [4.78, 5) is 10.5. The number of anilines is 1. The van der Waals surface area contributed by atoms with Gasteiger partial charge in [0.25, 0.3) is 5.69 Å². The monoisotopic (exact) mass is 266 g/mol. The summed E-state index contributed by atoms with van der Waals surface area (Å²) in [6.45, 7) is 7.38. The lowest BCUT2D eigenvalue weighted by Crippen LogP contribution is -2.08. The molecule has 1 rings (SSSR count). The molecule has 5 heteroatoms. The second-order valence-electron chi connectivity index (χ2n) is 4.83. The maximum Gasteiger partial charge on any atom is 0.292 e. The van der Waals surface area contributed by atoms with E-state index < -0.39 is 0 Å². The smallest absolute Gasteiger partial charge is 0.292 e. The molecule has 0 heterocycles. The standard InChI is InChI=1S/C14H22N2O3/c1-11(2)19-9-5-4-8-15-13-10-12(3)6-7-14(13)16(17)18/h6-7,10-11,15H,4-5,8-9H2,1-3H3. The number of nitrogens with zero attached hydrogens (tertiary/aromatic N) is 1. The van der Waals surface area contributed by atoms with Crippen LogP contribution in [0.2, 0.25) is 0 Å². The topological polar surface area (TPSA) is 64.4 Å². The predicted octanol–water partition coefficient (Wildman–Crippen LogP) is 3.52. The zero-order chi connectivity index (χ0) is 14.3. The minimum atomic E-state index is -0.357. The van der Waals surface area contributed by atoms with E-state index in [2.05, 4.69) is 5.32 Å². The van der Waals surface area contributed by atoms with E-state index in [0.717, 1.165) is 25.0 Å². The number of nitro benzene ring substituents is 1.